The molecule has 29 heavy (non-hydrogen) atoms. The normalized spacial score (nSPS) is 18.1. The van der Waals surface area contributed by atoms with Gasteiger partial charge in [-0.3, -0.25) is 14.6 Å². The van der Waals surface area contributed by atoms with Gasteiger partial charge in [0.15, 0.2) is 5.96 Å². The molecule has 2 aromatic rings. The molecule has 0 spiro atoms. The largest absolute Gasteiger partial charge is 0.376 e. The molecule has 158 valence electrons. The summed E-state index contributed by atoms with van der Waals surface area (Å²) in [4.78, 5) is 6.81. The van der Waals surface area contributed by atoms with Crippen molar-refractivity contribution in [3.63, 3.8) is 0 Å². The van der Waals surface area contributed by atoms with E-state index in [0.717, 1.165) is 44.4 Å². The Labute approximate surface area is 174 Å². The summed E-state index contributed by atoms with van der Waals surface area (Å²) in [5.74, 6) is 0.792. The molecule has 1 aliphatic heterocycles. The summed E-state index contributed by atoms with van der Waals surface area (Å²) in [5.41, 5.74) is 6.04. The molecule has 1 fully saturated rings. The number of hydrogen-bond acceptors (Lipinski definition) is 4. The molecular weight excluding hydrogens is 364 g/mol. The van der Waals surface area contributed by atoms with Crippen LogP contribution in [0.25, 0.3) is 0 Å². The SMILES string of the molecule is CN=C(NCc1cccc(CN2CCOC(C)C2)c1)NCc1c(C)nn(C)c1C. The van der Waals surface area contributed by atoms with Crippen molar-refractivity contribution < 1.29 is 4.74 Å². The first-order valence-electron chi connectivity index (χ1n) is 10.3. The summed E-state index contributed by atoms with van der Waals surface area (Å²) in [6, 6.07) is 8.76. The minimum absolute atomic E-state index is 0.315. The van der Waals surface area contributed by atoms with E-state index in [2.05, 4.69) is 63.7 Å². The fraction of sp³-hybridized carbons (Fsp3) is 0.545. The average Bonchev–Trinajstić information content (AvgIpc) is 2.94. The highest BCUT2D eigenvalue weighted by atomic mass is 16.5. The number of aromatic nitrogens is 2. The van der Waals surface area contributed by atoms with Gasteiger partial charge < -0.3 is 15.4 Å². The molecule has 7 nitrogen and oxygen atoms in total. The number of aryl methyl sites for hydroxylation is 2. The monoisotopic (exact) mass is 398 g/mol. The van der Waals surface area contributed by atoms with E-state index in [-0.39, 0.29) is 0 Å². The maximum Gasteiger partial charge on any atom is 0.191 e. The lowest BCUT2D eigenvalue weighted by Gasteiger charge is -2.31. The van der Waals surface area contributed by atoms with Gasteiger partial charge in [0, 0.05) is 58.1 Å². The highest BCUT2D eigenvalue weighted by Crippen LogP contribution is 2.13. The van der Waals surface area contributed by atoms with Gasteiger partial charge in [0.1, 0.15) is 0 Å². The summed E-state index contributed by atoms with van der Waals surface area (Å²) in [6.07, 6.45) is 0.315. The third kappa shape index (κ3) is 5.81. The van der Waals surface area contributed by atoms with Crippen LogP contribution in [0.1, 0.15) is 35.0 Å². The van der Waals surface area contributed by atoms with E-state index in [1.807, 2.05) is 18.7 Å². The lowest BCUT2D eigenvalue weighted by atomic mass is 10.1. The summed E-state index contributed by atoms with van der Waals surface area (Å²) >= 11 is 0. The second-order valence-corrected chi connectivity index (χ2v) is 7.79. The van der Waals surface area contributed by atoms with Gasteiger partial charge in [-0.15, -0.1) is 0 Å². The Morgan fingerprint density at radius 1 is 1.24 bits per heavy atom. The lowest BCUT2D eigenvalue weighted by Crippen LogP contribution is -2.40. The van der Waals surface area contributed by atoms with E-state index < -0.39 is 0 Å². The molecule has 2 N–H and O–H groups in total. The minimum Gasteiger partial charge on any atom is -0.376 e. The van der Waals surface area contributed by atoms with E-state index in [9.17, 15) is 0 Å². The quantitative estimate of drug-likeness (QED) is 0.576. The van der Waals surface area contributed by atoms with Crippen molar-refractivity contribution in [3.8, 4) is 0 Å². The maximum atomic E-state index is 5.64. The van der Waals surface area contributed by atoms with Crippen LogP contribution in [-0.2, 0) is 31.4 Å². The van der Waals surface area contributed by atoms with Crippen LogP contribution >= 0.6 is 0 Å². The number of hydrogen-bond donors (Lipinski definition) is 2. The third-order valence-electron chi connectivity index (χ3n) is 5.50. The van der Waals surface area contributed by atoms with Crippen molar-refractivity contribution in [2.75, 3.05) is 26.7 Å². The molecule has 0 bridgehead atoms. The molecule has 0 amide bonds. The van der Waals surface area contributed by atoms with Gasteiger partial charge >= 0.3 is 0 Å². The number of morpholine rings is 1. The average molecular weight is 399 g/mol. The van der Waals surface area contributed by atoms with Gasteiger partial charge in [-0.1, -0.05) is 24.3 Å². The number of benzene rings is 1. The topological polar surface area (TPSA) is 66.7 Å². The van der Waals surface area contributed by atoms with E-state index >= 15 is 0 Å². The van der Waals surface area contributed by atoms with Crippen molar-refractivity contribution in [3.05, 3.63) is 52.3 Å². The van der Waals surface area contributed by atoms with Crippen LogP contribution in [-0.4, -0.2) is 53.5 Å². The third-order valence-corrected chi connectivity index (χ3v) is 5.50. The number of aliphatic imine (C=N–C) groups is 1. The van der Waals surface area contributed by atoms with Crippen LogP contribution in [0.4, 0.5) is 0 Å². The Morgan fingerprint density at radius 3 is 2.69 bits per heavy atom. The van der Waals surface area contributed by atoms with Crippen LogP contribution < -0.4 is 10.6 Å². The predicted octanol–water partition coefficient (Wildman–Crippen LogP) is 2.12. The number of nitrogens with one attached hydrogen (secondary N) is 2. The first kappa shape index (κ1) is 21.3. The lowest BCUT2D eigenvalue weighted by molar-refractivity contribution is -0.0212. The van der Waals surface area contributed by atoms with E-state index in [1.165, 1.54) is 22.4 Å². The molecule has 2 heterocycles. The standard InChI is InChI=1S/C22H34N6O/c1-16-14-28(9-10-29-16)15-20-8-6-7-19(11-20)12-24-22(23-4)25-13-21-17(2)26-27(5)18(21)3/h6-8,11,16H,9-10,12-15H2,1-5H3,(H2,23,24,25). The summed E-state index contributed by atoms with van der Waals surface area (Å²) in [5, 5.41) is 11.3. The Hall–Kier alpha value is -2.38. The number of guanidine groups is 1. The Balaban J connectivity index is 1.53. The second kappa shape index (κ2) is 9.89. The molecule has 1 aromatic carbocycles. The van der Waals surface area contributed by atoms with Crippen LogP contribution in [0.3, 0.4) is 0 Å². The van der Waals surface area contributed by atoms with Crippen molar-refractivity contribution in [1.82, 2.24) is 25.3 Å². The number of rotatable bonds is 6. The molecule has 1 saturated heterocycles. The molecule has 0 radical (unpaired) electrons. The van der Waals surface area contributed by atoms with Crippen molar-refractivity contribution >= 4 is 5.96 Å². The Morgan fingerprint density at radius 2 is 2.00 bits per heavy atom. The zero-order valence-electron chi connectivity index (χ0n) is 18.3. The maximum absolute atomic E-state index is 5.64. The Kier molecular flexibility index (Phi) is 7.28. The molecule has 1 atom stereocenters. The predicted molar refractivity (Wildman–Crippen MR) is 117 cm³/mol. The minimum atomic E-state index is 0.315. The van der Waals surface area contributed by atoms with Crippen LogP contribution in [0.2, 0.25) is 0 Å². The Bertz CT molecular complexity index is 844. The number of ether oxygens (including phenoxy) is 1. The van der Waals surface area contributed by atoms with Gasteiger partial charge in [-0.05, 0) is 31.9 Å². The molecule has 0 aliphatic carbocycles. The van der Waals surface area contributed by atoms with Crippen molar-refractivity contribution in [2.24, 2.45) is 12.0 Å². The van der Waals surface area contributed by atoms with E-state index in [4.69, 9.17) is 4.74 Å². The molecule has 1 aliphatic rings. The second-order valence-electron chi connectivity index (χ2n) is 7.79. The van der Waals surface area contributed by atoms with Crippen molar-refractivity contribution in [2.45, 2.75) is 46.5 Å². The van der Waals surface area contributed by atoms with Gasteiger partial charge in [-0.25, -0.2) is 0 Å². The fourth-order valence-electron chi connectivity index (χ4n) is 3.78. The van der Waals surface area contributed by atoms with Gasteiger partial charge in [0.05, 0.1) is 18.4 Å². The van der Waals surface area contributed by atoms with Crippen LogP contribution in [0, 0.1) is 13.8 Å². The molecule has 0 saturated carbocycles. The van der Waals surface area contributed by atoms with Crippen LogP contribution in [0.5, 0.6) is 0 Å². The highest BCUT2D eigenvalue weighted by Gasteiger charge is 2.16. The molecule has 7 heteroatoms. The smallest absolute Gasteiger partial charge is 0.191 e. The summed E-state index contributed by atoms with van der Waals surface area (Å²) in [6.45, 7) is 11.5. The first-order valence-corrected chi connectivity index (χ1v) is 10.3. The van der Waals surface area contributed by atoms with E-state index in [1.54, 1.807) is 7.05 Å². The summed E-state index contributed by atoms with van der Waals surface area (Å²) < 4.78 is 7.56. The zero-order chi connectivity index (χ0) is 20.8. The number of nitrogens with zero attached hydrogens (tertiary/aromatic N) is 4. The summed E-state index contributed by atoms with van der Waals surface area (Å²) in [7, 11) is 3.78. The highest BCUT2D eigenvalue weighted by molar-refractivity contribution is 5.79. The molecule has 3 rings (SSSR count). The van der Waals surface area contributed by atoms with E-state index in [0.29, 0.717) is 12.6 Å². The molecule has 1 unspecified atom stereocenters. The van der Waals surface area contributed by atoms with Gasteiger partial charge in [0.25, 0.3) is 0 Å². The van der Waals surface area contributed by atoms with Crippen molar-refractivity contribution in [1.29, 1.82) is 0 Å². The fourth-order valence-corrected chi connectivity index (χ4v) is 3.78. The molecular formula is C22H34N6O. The zero-order valence-corrected chi connectivity index (χ0v) is 18.3. The molecule has 1 aromatic heterocycles. The van der Waals surface area contributed by atoms with Gasteiger partial charge in [-0.2, -0.15) is 5.10 Å². The van der Waals surface area contributed by atoms with Crippen LogP contribution in [0.15, 0.2) is 29.3 Å². The first-order chi connectivity index (χ1) is 14.0. The van der Waals surface area contributed by atoms with Gasteiger partial charge in [0.2, 0.25) is 0 Å².